The first-order chi connectivity index (χ1) is 11.4. The van der Waals surface area contributed by atoms with E-state index in [4.69, 9.17) is 21.1 Å². The second kappa shape index (κ2) is 8.26. The lowest BCUT2D eigenvalue weighted by Crippen LogP contribution is -2.22. The van der Waals surface area contributed by atoms with Crippen LogP contribution in [0.4, 0.5) is 11.4 Å². The molecule has 0 aliphatic rings. The molecule has 2 aromatic rings. The summed E-state index contributed by atoms with van der Waals surface area (Å²) < 4.78 is 11.4. The number of carbonyl (C=O) groups is 1. The van der Waals surface area contributed by atoms with E-state index in [9.17, 15) is 4.79 Å². The number of ether oxygens (including phenoxy) is 2. The zero-order chi connectivity index (χ0) is 17.7. The minimum Gasteiger partial charge on any atom is -0.495 e. The molecular weight excluding hydrogens is 396 g/mol. The number of rotatable bonds is 6. The number of methoxy groups -OCH3 is 2. The van der Waals surface area contributed by atoms with E-state index in [0.29, 0.717) is 22.2 Å². The molecule has 0 atom stereocenters. The van der Waals surface area contributed by atoms with Gasteiger partial charge in [-0.15, -0.1) is 0 Å². The molecule has 2 rings (SSSR count). The normalized spacial score (nSPS) is 10.2. The standard InChI is InChI=1S/C17H18BrClN2O3/c1-10-6-11(4-5-12(10)18)20-9-17(22)21-14-7-13(19)15(23-2)8-16(14)24-3/h4-8,20H,9H2,1-3H3,(H,21,22). The van der Waals surface area contributed by atoms with Gasteiger partial charge in [-0.05, 0) is 36.8 Å². The molecule has 2 aromatic carbocycles. The third kappa shape index (κ3) is 4.55. The van der Waals surface area contributed by atoms with E-state index in [1.165, 1.54) is 14.2 Å². The van der Waals surface area contributed by atoms with Crippen molar-refractivity contribution in [3.63, 3.8) is 0 Å². The monoisotopic (exact) mass is 412 g/mol. The van der Waals surface area contributed by atoms with Gasteiger partial charge in [-0.25, -0.2) is 0 Å². The number of nitrogens with one attached hydrogen (secondary N) is 2. The lowest BCUT2D eigenvalue weighted by molar-refractivity contribution is -0.114. The molecular formula is C17H18BrClN2O3. The van der Waals surface area contributed by atoms with Crippen molar-refractivity contribution in [2.45, 2.75) is 6.92 Å². The maximum absolute atomic E-state index is 12.2. The minimum atomic E-state index is -0.213. The van der Waals surface area contributed by atoms with Gasteiger partial charge in [0.05, 0.1) is 31.5 Å². The summed E-state index contributed by atoms with van der Waals surface area (Å²) in [5.74, 6) is 0.745. The predicted molar refractivity (Wildman–Crippen MR) is 101 cm³/mol. The van der Waals surface area contributed by atoms with Crippen molar-refractivity contribution in [2.24, 2.45) is 0 Å². The van der Waals surface area contributed by atoms with Crippen molar-refractivity contribution in [3.05, 3.63) is 45.4 Å². The van der Waals surface area contributed by atoms with Gasteiger partial charge in [0.1, 0.15) is 11.5 Å². The molecule has 5 nitrogen and oxygen atoms in total. The summed E-state index contributed by atoms with van der Waals surface area (Å²) in [7, 11) is 3.03. The molecule has 0 aliphatic carbocycles. The Morgan fingerprint density at radius 2 is 1.88 bits per heavy atom. The molecule has 0 fully saturated rings. The molecule has 1 amide bonds. The van der Waals surface area contributed by atoms with Crippen LogP contribution in [-0.2, 0) is 4.79 Å². The Balaban J connectivity index is 2.04. The van der Waals surface area contributed by atoms with Crippen LogP contribution in [0.2, 0.25) is 5.02 Å². The summed E-state index contributed by atoms with van der Waals surface area (Å²) in [6.45, 7) is 2.10. The summed E-state index contributed by atoms with van der Waals surface area (Å²) in [6, 6.07) is 9.02. The smallest absolute Gasteiger partial charge is 0.243 e. The van der Waals surface area contributed by atoms with Gasteiger partial charge in [-0.1, -0.05) is 27.5 Å². The van der Waals surface area contributed by atoms with Crippen LogP contribution in [0.3, 0.4) is 0 Å². The van der Waals surface area contributed by atoms with Gasteiger partial charge in [-0.2, -0.15) is 0 Å². The van der Waals surface area contributed by atoms with Gasteiger partial charge in [0.2, 0.25) is 5.91 Å². The van der Waals surface area contributed by atoms with Crippen LogP contribution in [0.5, 0.6) is 11.5 Å². The highest BCUT2D eigenvalue weighted by atomic mass is 79.9. The van der Waals surface area contributed by atoms with Crippen LogP contribution in [0, 0.1) is 6.92 Å². The number of anilines is 2. The number of carbonyl (C=O) groups excluding carboxylic acids is 1. The zero-order valence-electron chi connectivity index (χ0n) is 13.6. The first-order valence-corrected chi connectivity index (χ1v) is 8.33. The third-order valence-corrected chi connectivity index (χ3v) is 4.54. The number of hydrogen-bond donors (Lipinski definition) is 2. The fourth-order valence-electron chi connectivity index (χ4n) is 2.09. The van der Waals surface area contributed by atoms with E-state index in [0.717, 1.165) is 15.7 Å². The molecule has 0 bridgehead atoms. The highest BCUT2D eigenvalue weighted by Crippen LogP contribution is 2.35. The van der Waals surface area contributed by atoms with Crippen molar-refractivity contribution < 1.29 is 14.3 Å². The topological polar surface area (TPSA) is 59.6 Å². The maximum atomic E-state index is 12.2. The van der Waals surface area contributed by atoms with E-state index < -0.39 is 0 Å². The Hall–Kier alpha value is -1.92. The zero-order valence-corrected chi connectivity index (χ0v) is 15.9. The Labute approximate surface area is 154 Å². The lowest BCUT2D eigenvalue weighted by atomic mass is 10.2. The van der Waals surface area contributed by atoms with Crippen LogP contribution in [-0.4, -0.2) is 26.7 Å². The van der Waals surface area contributed by atoms with Gasteiger partial charge in [0.25, 0.3) is 0 Å². The fraction of sp³-hybridized carbons (Fsp3) is 0.235. The highest BCUT2D eigenvalue weighted by molar-refractivity contribution is 9.10. The molecule has 0 aliphatic heterocycles. The molecule has 0 radical (unpaired) electrons. The summed E-state index contributed by atoms with van der Waals surface area (Å²) in [5, 5.41) is 6.24. The van der Waals surface area contributed by atoms with Gasteiger partial charge in [0.15, 0.2) is 0 Å². The SMILES string of the molecule is COc1cc(OC)c(NC(=O)CNc2ccc(Br)c(C)c2)cc1Cl. The van der Waals surface area contributed by atoms with Crippen LogP contribution < -0.4 is 20.1 Å². The summed E-state index contributed by atoms with van der Waals surface area (Å²) in [5.41, 5.74) is 2.44. The van der Waals surface area contributed by atoms with Crippen molar-refractivity contribution in [1.29, 1.82) is 0 Å². The van der Waals surface area contributed by atoms with Crippen LogP contribution in [0.1, 0.15) is 5.56 Å². The van der Waals surface area contributed by atoms with E-state index in [1.54, 1.807) is 12.1 Å². The molecule has 0 unspecified atom stereocenters. The molecule has 0 saturated carbocycles. The quantitative estimate of drug-likeness (QED) is 0.733. The number of hydrogen-bond acceptors (Lipinski definition) is 4. The van der Waals surface area contributed by atoms with Crippen molar-refractivity contribution in [3.8, 4) is 11.5 Å². The first-order valence-electron chi connectivity index (χ1n) is 7.16. The maximum Gasteiger partial charge on any atom is 0.243 e. The van der Waals surface area contributed by atoms with Crippen molar-refractivity contribution in [2.75, 3.05) is 31.4 Å². The Morgan fingerprint density at radius 1 is 1.17 bits per heavy atom. The second-order valence-electron chi connectivity index (χ2n) is 5.05. The van der Waals surface area contributed by atoms with Gasteiger partial charge < -0.3 is 20.1 Å². The van der Waals surface area contributed by atoms with Crippen LogP contribution in [0.25, 0.3) is 0 Å². The lowest BCUT2D eigenvalue weighted by Gasteiger charge is -2.14. The summed E-state index contributed by atoms with van der Waals surface area (Å²) >= 11 is 9.54. The van der Waals surface area contributed by atoms with Crippen LogP contribution in [0.15, 0.2) is 34.8 Å². The molecule has 24 heavy (non-hydrogen) atoms. The number of aryl methyl sites for hydroxylation is 1. The number of amides is 1. The Kier molecular flexibility index (Phi) is 6.34. The molecule has 2 N–H and O–H groups in total. The number of halogens is 2. The number of benzene rings is 2. The van der Waals surface area contributed by atoms with Gasteiger partial charge in [-0.3, -0.25) is 4.79 Å². The van der Waals surface area contributed by atoms with E-state index in [-0.39, 0.29) is 12.5 Å². The second-order valence-corrected chi connectivity index (χ2v) is 6.31. The van der Waals surface area contributed by atoms with Gasteiger partial charge in [0, 0.05) is 16.2 Å². The Morgan fingerprint density at radius 3 is 2.50 bits per heavy atom. The average molecular weight is 414 g/mol. The molecule has 0 aromatic heterocycles. The fourth-order valence-corrected chi connectivity index (χ4v) is 2.58. The minimum absolute atomic E-state index is 0.119. The average Bonchev–Trinajstić information content (AvgIpc) is 2.56. The Bertz CT molecular complexity index is 753. The summed E-state index contributed by atoms with van der Waals surface area (Å²) in [4.78, 5) is 12.2. The summed E-state index contributed by atoms with van der Waals surface area (Å²) in [6.07, 6.45) is 0. The molecule has 0 spiro atoms. The predicted octanol–water partition coefficient (Wildman–Crippen LogP) is 4.48. The van der Waals surface area contributed by atoms with E-state index >= 15 is 0 Å². The van der Waals surface area contributed by atoms with E-state index in [2.05, 4.69) is 26.6 Å². The molecule has 0 heterocycles. The van der Waals surface area contributed by atoms with Crippen molar-refractivity contribution >= 4 is 44.8 Å². The van der Waals surface area contributed by atoms with Crippen LogP contribution >= 0.6 is 27.5 Å². The first kappa shape index (κ1) is 18.4. The molecule has 128 valence electrons. The third-order valence-electron chi connectivity index (χ3n) is 3.36. The largest absolute Gasteiger partial charge is 0.495 e. The molecule has 7 heteroatoms. The molecule has 0 saturated heterocycles. The van der Waals surface area contributed by atoms with Crippen molar-refractivity contribution in [1.82, 2.24) is 0 Å². The van der Waals surface area contributed by atoms with Gasteiger partial charge >= 0.3 is 0 Å². The van der Waals surface area contributed by atoms with E-state index in [1.807, 2.05) is 25.1 Å². The highest BCUT2D eigenvalue weighted by Gasteiger charge is 2.12.